The number of aryl methyl sites for hydroxylation is 1. The molecule has 190 valence electrons. The minimum atomic E-state index is -1.06. The van der Waals surface area contributed by atoms with Crippen LogP contribution in [-0.4, -0.2) is 38.1 Å². The number of halogens is 1. The molecule has 1 aliphatic rings. The van der Waals surface area contributed by atoms with E-state index in [1.807, 2.05) is 6.92 Å². The zero-order valence-corrected chi connectivity index (χ0v) is 20.4. The SMILES string of the molecule is Cc1cc(N(C(=O)c2ccco2)C(C(=O)NC2CCCCC2)c2ccc(F)cc2)ccc1-n1cnnn1. The first-order chi connectivity index (χ1) is 18.0. The van der Waals surface area contributed by atoms with Crippen LogP contribution >= 0.6 is 0 Å². The number of aromatic nitrogens is 4. The Bertz CT molecular complexity index is 1350. The maximum absolute atomic E-state index is 13.9. The van der Waals surface area contributed by atoms with Gasteiger partial charge in [0.05, 0.1) is 12.0 Å². The van der Waals surface area contributed by atoms with E-state index in [9.17, 15) is 14.0 Å². The molecule has 0 saturated heterocycles. The summed E-state index contributed by atoms with van der Waals surface area (Å²) in [5.74, 6) is -1.17. The highest BCUT2D eigenvalue weighted by molar-refractivity contribution is 6.08. The third-order valence-corrected chi connectivity index (χ3v) is 6.65. The van der Waals surface area contributed by atoms with Crippen LogP contribution in [0.1, 0.15) is 59.8 Å². The van der Waals surface area contributed by atoms with E-state index >= 15 is 0 Å². The van der Waals surface area contributed by atoms with Crippen LogP contribution in [0.3, 0.4) is 0 Å². The molecule has 1 atom stereocenters. The number of nitrogens with zero attached hydrogens (tertiary/aromatic N) is 5. The largest absolute Gasteiger partial charge is 0.459 e. The van der Waals surface area contributed by atoms with E-state index in [4.69, 9.17) is 4.42 Å². The predicted molar refractivity (Wildman–Crippen MR) is 134 cm³/mol. The molecule has 0 bridgehead atoms. The molecule has 1 saturated carbocycles. The lowest BCUT2D eigenvalue weighted by molar-refractivity contribution is -0.123. The second kappa shape index (κ2) is 10.7. The molecular weight excluding hydrogens is 475 g/mol. The van der Waals surface area contributed by atoms with Crippen molar-refractivity contribution in [3.63, 3.8) is 0 Å². The van der Waals surface area contributed by atoms with Crippen LogP contribution in [0.25, 0.3) is 5.69 Å². The minimum Gasteiger partial charge on any atom is -0.459 e. The lowest BCUT2D eigenvalue weighted by Gasteiger charge is -2.33. The Morgan fingerprint density at radius 1 is 1.11 bits per heavy atom. The fourth-order valence-corrected chi connectivity index (χ4v) is 4.81. The fraction of sp³-hybridized carbons (Fsp3) is 0.296. The zero-order valence-electron chi connectivity index (χ0n) is 20.4. The Labute approximate surface area is 213 Å². The molecule has 0 aliphatic heterocycles. The first kappa shape index (κ1) is 24.4. The van der Waals surface area contributed by atoms with Crippen molar-refractivity contribution < 1.29 is 18.4 Å². The molecule has 2 heterocycles. The standard InChI is InChI=1S/C27H27FN6O3/c1-18-16-22(13-14-23(18)33-17-29-31-32-33)34(27(36)24-8-5-15-37-24)25(19-9-11-20(28)12-10-19)26(35)30-21-6-3-2-4-7-21/h5,8-17,21,25H,2-4,6-7H2,1H3,(H,30,35). The monoisotopic (exact) mass is 502 g/mol. The lowest BCUT2D eigenvalue weighted by Crippen LogP contribution is -2.47. The third-order valence-electron chi connectivity index (χ3n) is 6.65. The molecule has 10 heteroatoms. The van der Waals surface area contributed by atoms with Crippen LogP contribution in [0.2, 0.25) is 0 Å². The Morgan fingerprint density at radius 3 is 2.54 bits per heavy atom. The smallest absolute Gasteiger partial charge is 0.294 e. The van der Waals surface area contributed by atoms with Crippen molar-refractivity contribution in [2.24, 2.45) is 0 Å². The summed E-state index contributed by atoms with van der Waals surface area (Å²) in [6.07, 6.45) is 7.88. The number of hydrogen-bond donors (Lipinski definition) is 1. The number of nitrogens with one attached hydrogen (secondary N) is 1. The van der Waals surface area contributed by atoms with E-state index in [0.717, 1.165) is 43.4 Å². The van der Waals surface area contributed by atoms with Gasteiger partial charge in [-0.25, -0.2) is 9.07 Å². The average Bonchev–Trinajstić information content (AvgIpc) is 3.63. The summed E-state index contributed by atoms with van der Waals surface area (Å²) in [5, 5.41) is 14.5. The number of anilines is 1. The molecule has 1 unspecified atom stereocenters. The summed E-state index contributed by atoms with van der Waals surface area (Å²) in [5.41, 5.74) is 2.47. The highest BCUT2D eigenvalue weighted by atomic mass is 19.1. The van der Waals surface area contributed by atoms with Gasteiger partial charge in [0.25, 0.3) is 5.91 Å². The summed E-state index contributed by atoms with van der Waals surface area (Å²) >= 11 is 0. The second-order valence-electron chi connectivity index (χ2n) is 9.18. The van der Waals surface area contributed by atoms with Crippen molar-refractivity contribution >= 4 is 17.5 Å². The Hall–Kier alpha value is -4.34. The summed E-state index contributed by atoms with van der Waals surface area (Å²) in [4.78, 5) is 29.1. The normalized spacial score (nSPS) is 14.8. The van der Waals surface area contributed by atoms with Gasteiger partial charge >= 0.3 is 0 Å². The van der Waals surface area contributed by atoms with Gasteiger partial charge in [0.2, 0.25) is 5.91 Å². The first-order valence-electron chi connectivity index (χ1n) is 12.3. The van der Waals surface area contributed by atoms with Crippen LogP contribution in [-0.2, 0) is 4.79 Å². The van der Waals surface area contributed by atoms with Crippen LogP contribution in [0.4, 0.5) is 10.1 Å². The molecule has 37 heavy (non-hydrogen) atoms. The van der Waals surface area contributed by atoms with Gasteiger partial charge in [-0.3, -0.25) is 14.5 Å². The number of tetrazole rings is 1. The van der Waals surface area contributed by atoms with E-state index in [2.05, 4.69) is 20.8 Å². The molecule has 0 radical (unpaired) electrons. The molecule has 1 aliphatic carbocycles. The van der Waals surface area contributed by atoms with Crippen LogP contribution in [0, 0.1) is 12.7 Å². The van der Waals surface area contributed by atoms with Gasteiger partial charge in [0, 0.05) is 11.7 Å². The summed E-state index contributed by atoms with van der Waals surface area (Å²) < 4.78 is 20.8. The Kier molecular flexibility index (Phi) is 7.07. The maximum Gasteiger partial charge on any atom is 0.294 e. The topological polar surface area (TPSA) is 106 Å². The van der Waals surface area contributed by atoms with Gasteiger partial charge in [0.1, 0.15) is 18.2 Å². The van der Waals surface area contributed by atoms with Crippen molar-refractivity contribution in [3.05, 3.63) is 89.9 Å². The number of rotatable bonds is 7. The predicted octanol–water partition coefficient (Wildman–Crippen LogP) is 4.54. The molecule has 1 N–H and O–H groups in total. The fourth-order valence-electron chi connectivity index (χ4n) is 4.81. The van der Waals surface area contributed by atoms with E-state index < -0.39 is 17.8 Å². The van der Waals surface area contributed by atoms with E-state index in [1.54, 1.807) is 30.3 Å². The van der Waals surface area contributed by atoms with Crippen molar-refractivity contribution in [1.29, 1.82) is 0 Å². The van der Waals surface area contributed by atoms with Gasteiger partial charge in [-0.1, -0.05) is 31.4 Å². The number of carbonyl (C=O) groups excluding carboxylic acids is 2. The highest BCUT2D eigenvalue weighted by Gasteiger charge is 2.36. The highest BCUT2D eigenvalue weighted by Crippen LogP contribution is 2.32. The molecule has 2 amide bonds. The molecule has 2 aromatic carbocycles. The second-order valence-corrected chi connectivity index (χ2v) is 9.18. The lowest BCUT2D eigenvalue weighted by atomic mass is 9.94. The first-order valence-corrected chi connectivity index (χ1v) is 12.3. The molecule has 4 aromatic rings. The van der Waals surface area contributed by atoms with E-state index in [-0.39, 0.29) is 17.7 Å². The number of hydrogen-bond acceptors (Lipinski definition) is 6. The molecule has 0 spiro atoms. The number of furan rings is 1. The number of benzene rings is 2. The van der Waals surface area contributed by atoms with Gasteiger partial charge in [-0.05, 0) is 83.8 Å². The molecule has 9 nitrogen and oxygen atoms in total. The number of amides is 2. The number of carbonyl (C=O) groups is 2. The zero-order chi connectivity index (χ0) is 25.8. The van der Waals surface area contributed by atoms with Gasteiger partial charge in [-0.15, -0.1) is 5.10 Å². The van der Waals surface area contributed by atoms with Gasteiger partial charge < -0.3 is 9.73 Å². The third kappa shape index (κ3) is 5.28. The Balaban J connectivity index is 1.60. The van der Waals surface area contributed by atoms with Crippen LogP contribution in [0.5, 0.6) is 0 Å². The van der Waals surface area contributed by atoms with Crippen LogP contribution < -0.4 is 10.2 Å². The summed E-state index contributed by atoms with van der Waals surface area (Å²) in [6, 6.07) is 13.1. The molecular formula is C27H27FN6O3. The molecule has 5 rings (SSSR count). The quantitative estimate of drug-likeness (QED) is 0.398. The molecule has 2 aromatic heterocycles. The summed E-state index contributed by atoms with van der Waals surface area (Å²) in [6.45, 7) is 1.87. The summed E-state index contributed by atoms with van der Waals surface area (Å²) in [7, 11) is 0. The van der Waals surface area contributed by atoms with Crippen LogP contribution in [0.15, 0.2) is 71.6 Å². The van der Waals surface area contributed by atoms with Gasteiger partial charge in [-0.2, -0.15) is 0 Å². The van der Waals surface area contributed by atoms with Crippen molar-refractivity contribution in [2.45, 2.75) is 51.1 Å². The van der Waals surface area contributed by atoms with Crippen molar-refractivity contribution in [1.82, 2.24) is 25.5 Å². The minimum absolute atomic E-state index is 0.0219. The van der Waals surface area contributed by atoms with Crippen molar-refractivity contribution in [2.75, 3.05) is 4.90 Å². The Morgan fingerprint density at radius 2 is 1.89 bits per heavy atom. The maximum atomic E-state index is 13.9. The van der Waals surface area contributed by atoms with E-state index in [1.165, 1.54) is 46.4 Å². The average molecular weight is 503 g/mol. The van der Waals surface area contributed by atoms with E-state index in [0.29, 0.717) is 11.3 Å². The molecule has 1 fully saturated rings. The van der Waals surface area contributed by atoms with Gasteiger partial charge in [0.15, 0.2) is 5.76 Å². The van der Waals surface area contributed by atoms with Crippen molar-refractivity contribution in [3.8, 4) is 5.69 Å².